The Kier molecular flexibility index (Phi) is 10.6. The first-order valence-electron chi connectivity index (χ1n) is 9.17. The number of Topliss-reactive ketones (excluding diaryl/α,β-unsaturated/α-hetero) is 1. The summed E-state index contributed by atoms with van der Waals surface area (Å²) in [5.74, 6) is -0.707. The maximum Gasteiger partial charge on any atom is 0.410 e. The summed E-state index contributed by atoms with van der Waals surface area (Å²) in [6, 6.07) is 8.99. The highest BCUT2D eigenvalue weighted by Gasteiger charge is 2.30. The SMILES string of the molecule is CCOC(=O)CC(=O)[C@@H](C)C(C)N(CCCS)C(=O)OCc1ccccc1. The Balaban J connectivity index is 2.73. The number of carbonyl (C=O) groups is 3. The average molecular weight is 396 g/mol. The first-order chi connectivity index (χ1) is 12.9. The van der Waals surface area contributed by atoms with Crippen molar-refractivity contribution in [3.05, 3.63) is 35.9 Å². The molecule has 27 heavy (non-hydrogen) atoms. The summed E-state index contributed by atoms with van der Waals surface area (Å²) in [6.45, 7) is 6.01. The van der Waals surface area contributed by atoms with Gasteiger partial charge in [-0.25, -0.2) is 4.79 Å². The Morgan fingerprint density at radius 1 is 1.11 bits per heavy atom. The van der Waals surface area contributed by atoms with Crippen LogP contribution in [0.25, 0.3) is 0 Å². The largest absolute Gasteiger partial charge is 0.466 e. The highest BCUT2D eigenvalue weighted by Crippen LogP contribution is 2.17. The molecule has 1 aromatic carbocycles. The van der Waals surface area contributed by atoms with Gasteiger partial charge in [-0.3, -0.25) is 9.59 Å². The van der Waals surface area contributed by atoms with Crippen LogP contribution in [0.3, 0.4) is 0 Å². The topological polar surface area (TPSA) is 72.9 Å². The lowest BCUT2D eigenvalue weighted by Crippen LogP contribution is -2.45. The zero-order valence-corrected chi connectivity index (χ0v) is 17.1. The van der Waals surface area contributed by atoms with Gasteiger partial charge in [-0.1, -0.05) is 37.3 Å². The average Bonchev–Trinajstić information content (AvgIpc) is 2.66. The van der Waals surface area contributed by atoms with Gasteiger partial charge in [-0.15, -0.1) is 0 Å². The first kappa shape index (κ1) is 23.0. The maximum absolute atomic E-state index is 12.6. The molecule has 1 rings (SSSR count). The van der Waals surface area contributed by atoms with Crippen molar-refractivity contribution in [1.29, 1.82) is 0 Å². The number of ether oxygens (including phenoxy) is 2. The second-order valence-corrected chi connectivity index (χ2v) is 6.74. The van der Waals surface area contributed by atoms with E-state index in [9.17, 15) is 14.4 Å². The Bertz CT molecular complexity index is 608. The number of hydrogen-bond donors (Lipinski definition) is 1. The fourth-order valence-electron chi connectivity index (χ4n) is 2.56. The molecule has 0 N–H and O–H groups in total. The number of amides is 1. The molecule has 7 heteroatoms. The van der Waals surface area contributed by atoms with Crippen LogP contribution in [0.4, 0.5) is 4.79 Å². The van der Waals surface area contributed by atoms with Gasteiger partial charge in [0.1, 0.15) is 18.8 Å². The first-order valence-corrected chi connectivity index (χ1v) is 9.80. The van der Waals surface area contributed by atoms with Crippen molar-refractivity contribution in [3.8, 4) is 0 Å². The molecule has 0 fully saturated rings. The Labute approximate surface area is 166 Å². The fraction of sp³-hybridized carbons (Fsp3) is 0.550. The van der Waals surface area contributed by atoms with E-state index in [1.54, 1.807) is 20.8 Å². The van der Waals surface area contributed by atoms with E-state index in [0.717, 1.165) is 5.56 Å². The highest BCUT2D eigenvalue weighted by atomic mass is 32.1. The number of hydrogen-bond acceptors (Lipinski definition) is 6. The van der Waals surface area contributed by atoms with Crippen molar-refractivity contribution in [3.63, 3.8) is 0 Å². The monoisotopic (exact) mass is 395 g/mol. The van der Waals surface area contributed by atoms with Crippen molar-refractivity contribution < 1.29 is 23.9 Å². The van der Waals surface area contributed by atoms with Crippen LogP contribution < -0.4 is 0 Å². The molecule has 2 atom stereocenters. The van der Waals surface area contributed by atoms with Gasteiger partial charge in [0.25, 0.3) is 0 Å². The van der Waals surface area contributed by atoms with Crippen molar-refractivity contribution >= 4 is 30.5 Å². The fourth-order valence-corrected chi connectivity index (χ4v) is 2.70. The van der Waals surface area contributed by atoms with Gasteiger partial charge in [0.2, 0.25) is 0 Å². The molecule has 0 aliphatic carbocycles. The van der Waals surface area contributed by atoms with Crippen LogP contribution in [0.5, 0.6) is 0 Å². The number of nitrogens with zero attached hydrogens (tertiary/aromatic N) is 1. The molecule has 0 aliphatic heterocycles. The third-order valence-corrected chi connectivity index (χ3v) is 4.66. The molecule has 0 spiro atoms. The number of carbonyl (C=O) groups excluding carboxylic acids is 3. The van der Waals surface area contributed by atoms with E-state index in [0.29, 0.717) is 18.7 Å². The number of ketones is 1. The summed E-state index contributed by atoms with van der Waals surface area (Å²) in [5, 5.41) is 0. The molecule has 150 valence electrons. The van der Waals surface area contributed by atoms with E-state index in [-0.39, 0.29) is 25.4 Å². The minimum absolute atomic E-state index is 0.162. The molecular weight excluding hydrogens is 366 g/mol. The molecule has 0 aromatic heterocycles. The van der Waals surface area contributed by atoms with Crippen molar-refractivity contribution in [2.75, 3.05) is 18.9 Å². The van der Waals surface area contributed by atoms with E-state index in [1.165, 1.54) is 4.90 Å². The van der Waals surface area contributed by atoms with Gasteiger partial charge in [-0.2, -0.15) is 12.6 Å². The number of thiol groups is 1. The van der Waals surface area contributed by atoms with E-state index < -0.39 is 24.0 Å². The second kappa shape index (κ2) is 12.4. The van der Waals surface area contributed by atoms with Crippen LogP contribution >= 0.6 is 12.6 Å². The molecular formula is C20H29NO5S. The predicted molar refractivity (Wildman–Crippen MR) is 107 cm³/mol. The van der Waals surface area contributed by atoms with Crippen LogP contribution in [-0.2, 0) is 25.7 Å². The van der Waals surface area contributed by atoms with Crippen LogP contribution in [0.1, 0.15) is 39.2 Å². The van der Waals surface area contributed by atoms with Gasteiger partial charge < -0.3 is 14.4 Å². The van der Waals surface area contributed by atoms with Gasteiger partial charge in [0.15, 0.2) is 0 Å². The van der Waals surface area contributed by atoms with Crippen molar-refractivity contribution in [2.45, 2.75) is 46.3 Å². The minimum atomic E-state index is -0.546. The standard InChI is InChI=1S/C20H29NO5S/c1-4-25-19(23)13-18(22)15(2)16(3)21(11-8-12-27)20(24)26-14-17-9-6-5-7-10-17/h5-7,9-10,15-16,27H,4,8,11-14H2,1-3H3/t15-,16?/m0/s1. The zero-order chi connectivity index (χ0) is 20.2. The molecule has 1 aromatic rings. The molecule has 1 amide bonds. The van der Waals surface area contributed by atoms with E-state index in [1.807, 2.05) is 30.3 Å². The summed E-state index contributed by atoms with van der Waals surface area (Å²) < 4.78 is 10.2. The Morgan fingerprint density at radius 2 is 1.78 bits per heavy atom. The molecule has 0 saturated carbocycles. The van der Waals surface area contributed by atoms with Gasteiger partial charge in [0, 0.05) is 18.5 Å². The lowest BCUT2D eigenvalue weighted by molar-refractivity contribution is -0.146. The van der Waals surface area contributed by atoms with Gasteiger partial charge >= 0.3 is 12.1 Å². The molecule has 0 heterocycles. The predicted octanol–water partition coefficient (Wildman–Crippen LogP) is 3.49. The lowest BCUT2D eigenvalue weighted by atomic mass is 9.95. The number of esters is 1. The molecule has 0 bridgehead atoms. The molecule has 0 saturated heterocycles. The van der Waals surface area contributed by atoms with Crippen molar-refractivity contribution in [2.24, 2.45) is 5.92 Å². The molecule has 0 aliphatic rings. The summed E-state index contributed by atoms with van der Waals surface area (Å²) >= 11 is 4.20. The third kappa shape index (κ3) is 8.03. The zero-order valence-electron chi connectivity index (χ0n) is 16.2. The third-order valence-electron chi connectivity index (χ3n) is 4.34. The highest BCUT2D eigenvalue weighted by molar-refractivity contribution is 7.80. The van der Waals surface area contributed by atoms with E-state index in [2.05, 4.69) is 12.6 Å². The van der Waals surface area contributed by atoms with Crippen molar-refractivity contribution in [1.82, 2.24) is 4.90 Å². The van der Waals surface area contributed by atoms with Crippen LogP contribution in [0.2, 0.25) is 0 Å². The summed E-state index contributed by atoms with van der Waals surface area (Å²) in [6.07, 6.45) is -0.102. The van der Waals surface area contributed by atoms with E-state index >= 15 is 0 Å². The van der Waals surface area contributed by atoms with Gasteiger partial charge in [-0.05, 0) is 31.6 Å². The normalized spacial score (nSPS) is 12.7. The summed E-state index contributed by atoms with van der Waals surface area (Å²) in [5.41, 5.74) is 0.888. The Hall–Kier alpha value is -2.02. The van der Waals surface area contributed by atoms with Crippen LogP contribution in [0, 0.1) is 5.92 Å². The minimum Gasteiger partial charge on any atom is -0.466 e. The van der Waals surface area contributed by atoms with E-state index in [4.69, 9.17) is 9.47 Å². The number of benzene rings is 1. The summed E-state index contributed by atoms with van der Waals surface area (Å²) in [7, 11) is 0. The van der Waals surface area contributed by atoms with Crippen LogP contribution in [0.15, 0.2) is 30.3 Å². The second-order valence-electron chi connectivity index (χ2n) is 6.29. The summed E-state index contributed by atoms with van der Waals surface area (Å²) in [4.78, 5) is 38.0. The smallest absolute Gasteiger partial charge is 0.410 e. The lowest BCUT2D eigenvalue weighted by Gasteiger charge is -2.31. The quantitative estimate of drug-likeness (QED) is 0.353. The Morgan fingerprint density at radius 3 is 2.37 bits per heavy atom. The number of rotatable bonds is 11. The van der Waals surface area contributed by atoms with Crippen LogP contribution in [-0.4, -0.2) is 47.7 Å². The molecule has 0 radical (unpaired) electrons. The van der Waals surface area contributed by atoms with Gasteiger partial charge in [0.05, 0.1) is 6.61 Å². The maximum atomic E-state index is 12.6. The molecule has 1 unspecified atom stereocenters. The molecule has 6 nitrogen and oxygen atoms in total.